The maximum atomic E-state index is 12.3. The van der Waals surface area contributed by atoms with Crippen molar-refractivity contribution in [2.24, 2.45) is 11.7 Å². The van der Waals surface area contributed by atoms with E-state index in [9.17, 15) is 4.79 Å². The average Bonchev–Trinajstić information content (AvgIpc) is 2.84. The summed E-state index contributed by atoms with van der Waals surface area (Å²) >= 11 is 0. The van der Waals surface area contributed by atoms with Crippen LogP contribution >= 0.6 is 0 Å². The third kappa shape index (κ3) is 4.07. The molecule has 1 aromatic rings. The molecule has 20 heavy (non-hydrogen) atoms. The van der Waals surface area contributed by atoms with Gasteiger partial charge in [0, 0.05) is 11.6 Å². The summed E-state index contributed by atoms with van der Waals surface area (Å²) in [4.78, 5) is 12.3. The van der Waals surface area contributed by atoms with E-state index in [2.05, 4.69) is 43.4 Å². The van der Waals surface area contributed by atoms with Crippen molar-refractivity contribution in [2.75, 3.05) is 0 Å². The van der Waals surface area contributed by atoms with E-state index in [1.807, 2.05) is 6.07 Å². The standard InChI is InChI=1S/C17H26N2O/c1-17(2,12-11-13-7-4-3-5-8-13)19-16(20)14-9-6-10-15(14)18/h3-5,7-8,14-15H,6,9-12,18H2,1-2H3,(H,19,20). The summed E-state index contributed by atoms with van der Waals surface area (Å²) in [5.41, 5.74) is 7.13. The quantitative estimate of drug-likeness (QED) is 0.867. The number of carbonyl (C=O) groups excluding carboxylic acids is 1. The Balaban J connectivity index is 1.85. The normalized spacial score (nSPS) is 22.8. The topological polar surface area (TPSA) is 55.1 Å². The molecule has 0 aromatic heterocycles. The van der Waals surface area contributed by atoms with E-state index >= 15 is 0 Å². The zero-order valence-corrected chi connectivity index (χ0v) is 12.6. The van der Waals surface area contributed by atoms with E-state index in [0.29, 0.717) is 0 Å². The largest absolute Gasteiger partial charge is 0.351 e. The van der Waals surface area contributed by atoms with Crippen LogP contribution in [0.2, 0.25) is 0 Å². The van der Waals surface area contributed by atoms with E-state index in [1.54, 1.807) is 0 Å². The predicted molar refractivity (Wildman–Crippen MR) is 82.3 cm³/mol. The summed E-state index contributed by atoms with van der Waals surface area (Å²) in [6.07, 6.45) is 4.89. The molecule has 0 bridgehead atoms. The van der Waals surface area contributed by atoms with Crippen LogP contribution in [0.3, 0.4) is 0 Å². The zero-order chi connectivity index (χ0) is 14.6. The molecule has 0 saturated heterocycles. The van der Waals surface area contributed by atoms with Crippen molar-refractivity contribution in [3.8, 4) is 0 Å². The van der Waals surface area contributed by atoms with Gasteiger partial charge in [0.05, 0.1) is 5.92 Å². The second-order valence-electron chi connectivity index (χ2n) is 6.56. The predicted octanol–water partition coefficient (Wildman–Crippen LogP) is 2.64. The Morgan fingerprint density at radius 3 is 2.60 bits per heavy atom. The summed E-state index contributed by atoms with van der Waals surface area (Å²) in [7, 11) is 0. The Hall–Kier alpha value is -1.35. The molecule has 0 spiro atoms. The van der Waals surface area contributed by atoms with Crippen LogP contribution in [0.1, 0.15) is 45.1 Å². The lowest BCUT2D eigenvalue weighted by Gasteiger charge is -2.29. The van der Waals surface area contributed by atoms with E-state index in [1.165, 1.54) is 5.56 Å². The first kappa shape index (κ1) is 15.0. The van der Waals surface area contributed by atoms with Gasteiger partial charge in [-0.05, 0) is 45.1 Å². The molecular formula is C17H26N2O. The van der Waals surface area contributed by atoms with Gasteiger partial charge in [-0.3, -0.25) is 4.79 Å². The number of hydrogen-bond acceptors (Lipinski definition) is 2. The van der Waals surface area contributed by atoms with Gasteiger partial charge in [-0.1, -0.05) is 36.8 Å². The second-order valence-corrected chi connectivity index (χ2v) is 6.56. The van der Waals surface area contributed by atoms with Crippen LogP contribution in [-0.2, 0) is 11.2 Å². The zero-order valence-electron chi connectivity index (χ0n) is 12.6. The number of aryl methyl sites for hydroxylation is 1. The van der Waals surface area contributed by atoms with Crippen molar-refractivity contribution in [2.45, 2.75) is 57.5 Å². The monoisotopic (exact) mass is 274 g/mol. The van der Waals surface area contributed by atoms with Gasteiger partial charge < -0.3 is 11.1 Å². The maximum absolute atomic E-state index is 12.3. The lowest BCUT2D eigenvalue weighted by Crippen LogP contribution is -2.48. The van der Waals surface area contributed by atoms with E-state index in [-0.39, 0.29) is 23.4 Å². The molecule has 0 aliphatic heterocycles. The molecule has 3 N–H and O–H groups in total. The van der Waals surface area contributed by atoms with Gasteiger partial charge in [-0.2, -0.15) is 0 Å². The highest BCUT2D eigenvalue weighted by molar-refractivity contribution is 5.80. The highest BCUT2D eigenvalue weighted by Gasteiger charge is 2.32. The molecule has 3 heteroatoms. The molecule has 1 amide bonds. The highest BCUT2D eigenvalue weighted by atomic mass is 16.2. The van der Waals surface area contributed by atoms with Gasteiger partial charge in [-0.25, -0.2) is 0 Å². The minimum Gasteiger partial charge on any atom is -0.351 e. The Morgan fingerprint density at radius 2 is 2.00 bits per heavy atom. The van der Waals surface area contributed by atoms with Crippen LogP contribution in [0.15, 0.2) is 30.3 Å². The molecule has 2 rings (SSSR count). The van der Waals surface area contributed by atoms with Gasteiger partial charge >= 0.3 is 0 Å². The summed E-state index contributed by atoms with van der Waals surface area (Å²) in [6, 6.07) is 10.4. The van der Waals surface area contributed by atoms with E-state index < -0.39 is 0 Å². The molecule has 0 heterocycles. The fourth-order valence-electron chi connectivity index (χ4n) is 2.90. The molecule has 2 unspecified atom stereocenters. The summed E-state index contributed by atoms with van der Waals surface area (Å²) in [5.74, 6) is 0.138. The van der Waals surface area contributed by atoms with Crippen molar-refractivity contribution in [1.29, 1.82) is 0 Å². The van der Waals surface area contributed by atoms with Crippen LogP contribution in [0.25, 0.3) is 0 Å². The van der Waals surface area contributed by atoms with Crippen molar-refractivity contribution < 1.29 is 4.79 Å². The van der Waals surface area contributed by atoms with Gasteiger partial charge in [0.2, 0.25) is 5.91 Å². The molecule has 1 fully saturated rings. The fourth-order valence-corrected chi connectivity index (χ4v) is 2.90. The van der Waals surface area contributed by atoms with E-state index in [4.69, 9.17) is 5.73 Å². The van der Waals surface area contributed by atoms with Gasteiger partial charge in [-0.15, -0.1) is 0 Å². The van der Waals surface area contributed by atoms with Crippen LogP contribution in [-0.4, -0.2) is 17.5 Å². The van der Waals surface area contributed by atoms with Crippen molar-refractivity contribution in [3.63, 3.8) is 0 Å². The summed E-state index contributed by atoms with van der Waals surface area (Å²) in [6.45, 7) is 4.18. The molecule has 1 aliphatic rings. The molecule has 0 radical (unpaired) electrons. The molecule has 1 aliphatic carbocycles. The van der Waals surface area contributed by atoms with E-state index in [0.717, 1.165) is 32.1 Å². The van der Waals surface area contributed by atoms with Crippen molar-refractivity contribution >= 4 is 5.91 Å². The minimum atomic E-state index is -0.185. The first-order chi connectivity index (χ1) is 9.48. The van der Waals surface area contributed by atoms with Crippen molar-refractivity contribution in [1.82, 2.24) is 5.32 Å². The fraction of sp³-hybridized carbons (Fsp3) is 0.588. The number of nitrogens with two attached hydrogens (primary N) is 1. The molecule has 110 valence electrons. The number of nitrogens with one attached hydrogen (secondary N) is 1. The number of hydrogen-bond donors (Lipinski definition) is 2. The van der Waals surface area contributed by atoms with Crippen LogP contribution in [0.5, 0.6) is 0 Å². The molecule has 3 nitrogen and oxygen atoms in total. The van der Waals surface area contributed by atoms with Crippen LogP contribution in [0, 0.1) is 5.92 Å². The number of amides is 1. The number of carbonyl (C=O) groups is 1. The first-order valence-electron chi connectivity index (χ1n) is 7.59. The highest BCUT2D eigenvalue weighted by Crippen LogP contribution is 2.25. The SMILES string of the molecule is CC(C)(CCc1ccccc1)NC(=O)C1CCCC1N. The maximum Gasteiger partial charge on any atom is 0.225 e. The van der Waals surface area contributed by atoms with Crippen LogP contribution in [0.4, 0.5) is 0 Å². The summed E-state index contributed by atoms with van der Waals surface area (Å²) in [5, 5.41) is 3.18. The lowest BCUT2D eigenvalue weighted by atomic mass is 9.93. The summed E-state index contributed by atoms with van der Waals surface area (Å²) < 4.78 is 0. The second kappa shape index (κ2) is 6.40. The molecular weight excluding hydrogens is 248 g/mol. The Kier molecular flexibility index (Phi) is 4.81. The third-order valence-corrected chi connectivity index (χ3v) is 4.25. The number of benzene rings is 1. The molecule has 1 aromatic carbocycles. The Labute approximate surface area is 121 Å². The Morgan fingerprint density at radius 1 is 1.30 bits per heavy atom. The van der Waals surface area contributed by atoms with Crippen LogP contribution < -0.4 is 11.1 Å². The minimum absolute atomic E-state index is 0.00556. The Bertz CT molecular complexity index is 442. The van der Waals surface area contributed by atoms with Gasteiger partial charge in [0.1, 0.15) is 0 Å². The smallest absolute Gasteiger partial charge is 0.225 e. The van der Waals surface area contributed by atoms with Crippen molar-refractivity contribution in [3.05, 3.63) is 35.9 Å². The first-order valence-corrected chi connectivity index (χ1v) is 7.59. The number of rotatable bonds is 5. The van der Waals surface area contributed by atoms with Gasteiger partial charge in [0.15, 0.2) is 0 Å². The lowest BCUT2D eigenvalue weighted by molar-refractivity contribution is -0.126. The third-order valence-electron chi connectivity index (χ3n) is 4.25. The molecule has 1 saturated carbocycles. The van der Waals surface area contributed by atoms with Gasteiger partial charge in [0.25, 0.3) is 0 Å². The molecule has 2 atom stereocenters. The average molecular weight is 274 g/mol.